The van der Waals surface area contributed by atoms with Crippen LogP contribution < -0.4 is 9.47 Å². The van der Waals surface area contributed by atoms with Crippen molar-refractivity contribution in [1.82, 2.24) is 0 Å². The van der Waals surface area contributed by atoms with Crippen LogP contribution in [0.1, 0.15) is 12.5 Å². The van der Waals surface area contributed by atoms with Crippen molar-refractivity contribution in [1.29, 1.82) is 0 Å². The third-order valence-electron chi connectivity index (χ3n) is 1.93. The van der Waals surface area contributed by atoms with Crippen LogP contribution in [0.2, 0.25) is 0 Å². The Morgan fingerprint density at radius 1 is 1.20 bits per heavy atom. The smallest absolute Gasteiger partial charge is 0.161 e. The largest absolute Gasteiger partial charge is 0.493 e. The molecule has 0 aromatic heterocycles. The molecule has 84 valence electrons. The predicted molar refractivity (Wildman–Crippen MR) is 62.6 cm³/mol. The molecule has 3 nitrogen and oxygen atoms in total. The highest BCUT2D eigenvalue weighted by Crippen LogP contribution is 2.33. The van der Waals surface area contributed by atoms with Gasteiger partial charge >= 0.3 is 0 Å². The summed E-state index contributed by atoms with van der Waals surface area (Å²) in [6.07, 6.45) is 0. The molecule has 0 atom stereocenters. The first-order chi connectivity index (χ1) is 7.22. The summed E-state index contributed by atoms with van der Waals surface area (Å²) in [4.78, 5) is 0. The Labute approximate surface area is 98.5 Å². The van der Waals surface area contributed by atoms with E-state index in [0.717, 1.165) is 21.5 Å². The minimum Gasteiger partial charge on any atom is -0.493 e. The SMILES string of the molecule is CCOc1cc(COC)c(Br)cc1OC. The number of halogens is 1. The lowest BCUT2D eigenvalue weighted by molar-refractivity contribution is 0.183. The topological polar surface area (TPSA) is 27.7 Å². The Morgan fingerprint density at radius 3 is 2.47 bits per heavy atom. The van der Waals surface area contributed by atoms with Crippen LogP contribution in [0, 0.1) is 0 Å². The molecule has 0 aliphatic heterocycles. The molecular weight excluding hydrogens is 260 g/mol. The monoisotopic (exact) mass is 274 g/mol. The lowest BCUT2D eigenvalue weighted by Crippen LogP contribution is -1.98. The lowest BCUT2D eigenvalue weighted by Gasteiger charge is -2.12. The summed E-state index contributed by atoms with van der Waals surface area (Å²) < 4.78 is 16.7. The molecule has 0 aliphatic rings. The molecule has 1 rings (SSSR count). The van der Waals surface area contributed by atoms with Crippen molar-refractivity contribution < 1.29 is 14.2 Å². The summed E-state index contributed by atoms with van der Waals surface area (Å²) >= 11 is 3.46. The van der Waals surface area contributed by atoms with Crippen LogP contribution in [-0.4, -0.2) is 20.8 Å². The summed E-state index contributed by atoms with van der Waals surface area (Å²) in [6.45, 7) is 3.10. The normalized spacial score (nSPS) is 10.1. The molecule has 0 aliphatic carbocycles. The van der Waals surface area contributed by atoms with Crippen LogP contribution in [0.3, 0.4) is 0 Å². The maximum atomic E-state index is 5.47. The van der Waals surface area contributed by atoms with Crippen molar-refractivity contribution in [2.45, 2.75) is 13.5 Å². The highest BCUT2D eigenvalue weighted by Gasteiger charge is 2.09. The Morgan fingerprint density at radius 2 is 1.93 bits per heavy atom. The number of rotatable bonds is 5. The van der Waals surface area contributed by atoms with Crippen LogP contribution in [0.5, 0.6) is 11.5 Å². The first-order valence-electron chi connectivity index (χ1n) is 4.71. The van der Waals surface area contributed by atoms with Crippen molar-refractivity contribution in [2.24, 2.45) is 0 Å². The summed E-state index contributed by atoms with van der Waals surface area (Å²) in [5, 5.41) is 0. The lowest BCUT2D eigenvalue weighted by atomic mass is 10.2. The van der Waals surface area contributed by atoms with Crippen molar-refractivity contribution in [3.63, 3.8) is 0 Å². The van der Waals surface area contributed by atoms with Gasteiger partial charge in [-0.25, -0.2) is 0 Å². The molecule has 15 heavy (non-hydrogen) atoms. The van der Waals surface area contributed by atoms with E-state index in [1.165, 1.54) is 0 Å². The van der Waals surface area contributed by atoms with Gasteiger partial charge in [0.15, 0.2) is 11.5 Å². The first-order valence-corrected chi connectivity index (χ1v) is 5.50. The summed E-state index contributed by atoms with van der Waals surface area (Å²) in [6, 6.07) is 3.81. The van der Waals surface area contributed by atoms with Crippen molar-refractivity contribution in [3.8, 4) is 11.5 Å². The van der Waals surface area contributed by atoms with Crippen LogP contribution in [0.4, 0.5) is 0 Å². The van der Waals surface area contributed by atoms with Gasteiger partial charge in [0, 0.05) is 11.6 Å². The van der Waals surface area contributed by atoms with Gasteiger partial charge in [0.25, 0.3) is 0 Å². The molecule has 1 aromatic carbocycles. The molecule has 0 spiro atoms. The zero-order chi connectivity index (χ0) is 11.3. The third-order valence-corrected chi connectivity index (χ3v) is 2.67. The summed E-state index contributed by atoms with van der Waals surface area (Å²) in [5.41, 5.74) is 1.04. The molecule has 0 N–H and O–H groups in total. The van der Waals surface area contributed by atoms with E-state index in [-0.39, 0.29) is 0 Å². The van der Waals surface area contributed by atoms with E-state index in [4.69, 9.17) is 14.2 Å². The molecule has 0 saturated heterocycles. The van der Waals surface area contributed by atoms with E-state index in [2.05, 4.69) is 15.9 Å². The zero-order valence-corrected chi connectivity index (χ0v) is 10.8. The fraction of sp³-hybridized carbons (Fsp3) is 0.455. The van der Waals surface area contributed by atoms with Gasteiger partial charge in [-0.15, -0.1) is 0 Å². The zero-order valence-electron chi connectivity index (χ0n) is 9.17. The highest BCUT2D eigenvalue weighted by molar-refractivity contribution is 9.10. The van der Waals surface area contributed by atoms with Crippen LogP contribution in [0.25, 0.3) is 0 Å². The van der Waals surface area contributed by atoms with Gasteiger partial charge < -0.3 is 14.2 Å². The second-order valence-electron chi connectivity index (χ2n) is 2.96. The quantitative estimate of drug-likeness (QED) is 0.826. The number of methoxy groups -OCH3 is 2. The Balaban J connectivity index is 3.05. The number of hydrogen-bond donors (Lipinski definition) is 0. The van der Waals surface area contributed by atoms with E-state index in [1.54, 1.807) is 14.2 Å². The Bertz CT molecular complexity index is 326. The molecule has 1 aromatic rings. The van der Waals surface area contributed by atoms with Gasteiger partial charge in [-0.3, -0.25) is 0 Å². The van der Waals surface area contributed by atoms with Crippen molar-refractivity contribution >= 4 is 15.9 Å². The Hall–Kier alpha value is -0.740. The van der Waals surface area contributed by atoms with Crippen LogP contribution in [-0.2, 0) is 11.3 Å². The second-order valence-corrected chi connectivity index (χ2v) is 3.81. The van der Waals surface area contributed by atoms with Crippen LogP contribution >= 0.6 is 15.9 Å². The molecule has 0 bridgehead atoms. The van der Waals surface area contributed by atoms with Crippen molar-refractivity contribution in [2.75, 3.05) is 20.8 Å². The Kier molecular flexibility index (Phi) is 4.91. The van der Waals surface area contributed by atoms with E-state index in [1.807, 2.05) is 19.1 Å². The number of ether oxygens (including phenoxy) is 3. The number of hydrogen-bond acceptors (Lipinski definition) is 3. The average Bonchev–Trinajstić information content (AvgIpc) is 2.23. The van der Waals surface area contributed by atoms with E-state index < -0.39 is 0 Å². The van der Waals surface area contributed by atoms with Gasteiger partial charge in [-0.1, -0.05) is 15.9 Å². The van der Waals surface area contributed by atoms with Gasteiger partial charge in [0.1, 0.15) is 0 Å². The van der Waals surface area contributed by atoms with Gasteiger partial charge in [0.05, 0.1) is 20.3 Å². The summed E-state index contributed by atoms with van der Waals surface area (Å²) in [7, 11) is 3.29. The predicted octanol–water partition coefficient (Wildman–Crippen LogP) is 3.00. The molecule has 4 heteroatoms. The van der Waals surface area contributed by atoms with Gasteiger partial charge in [0.2, 0.25) is 0 Å². The fourth-order valence-corrected chi connectivity index (χ4v) is 1.71. The molecule has 0 amide bonds. The highest BCUT2D eigenvalue weighted by atomic mass is 79.9. The second kappa shape index (κ2) is 5.98. The van der Waals surface area contributed by atoms with Gasteiger partial charge in [-0.2, -0.15) is 0 Å². The molecule has 0 heterocycles. The molecule has 0 unspecified atom stereocenters. The average molecular weight is 275 g/mol. The van der Waals surface area contributed by atoms with E-state index in [9.17, 15) is 0 Å². The molecule has 0 saturated carbocycles. The first kappa shape index (κ1) is 12.3. The minimum absolute atomic E-state index is 0.546. The molecular formula is C11H15BrO3. The molecule has 0 radical (unpaired) electrons. The fourth-order valence-electron chi connectivity index (χ4n) is 1.27. The summed E-state index contributed by atoms with van der Waals surface area (Å²) in [5.74, 6) is 1.47. The van der Waals surface area contributed by atoms with Crippen LogP contribution in [0.15, 0.2) is 16.6 Å². The van der Waals surface area contributed by atoms with E-state index >= 15 is 0 Å². The minimum atomic E-state index is 0.546. The maximum Gasteiger partial charge on any atom is 0.161 e. The van der Waals surface area contributed by atoms with Gasteiger partial charge in [-0.05, 0) is 24.6 Å². The third kappa shape index (κ3) is 3.11. The van der Waals surface area contributed by atoms with E-state index in [0.29, 0.717) is 13.2 Å². The van der Waals surface area contributed by atoms with Crippen molar-refractivity contribution in [3.05, 3.63) is 22.2 Å². The maximum absolute atomic E-state index is 5.47. The molecule has 0 fully saturated rings. The standard InChI is InChI=1S/C11H15BrO3/c1-4-15-11-5-8(7-13-2)9(12)6-10(11)14-3/h5-6H,4,7H2,1-3H3. The number of benzene rings is 1.